The molecule has 4 unspecified atom stereocenters. The van der Waals surface area contributed by atoms with Crippen LogP contribution in [-0.4, -0.2) is 58.1 Å². The van der Waals surface area contributed by atoms with E-state index >= 15 is 0 Å². The van der Waals surface area contributed by atoms with Crippen LogP contribution in [0.4, 0.5) is 0 Å². The van der Waals surface area contributed by atoms with E-state index in [1.54, 1.807) is 70.2 Å². The smallest absolute Gasteiger partial charge is 0.326 e. The number of aliphatic carboxylic acids is 1. The first kappa shape index (κ1) is 30.3. The minimum atomic E-state index is -1.23. The van der Waals surface area contributed by atoms with Crippen molar-refractivity contribution < 1.29 is 29.4 Å². The van der Waals surface area contributed by atoms with Crippen molar-refractivity contribution >= 4 is 23.7 Å². The Labute approximate surface area is 223 Å². The van der Waals surface area contributed by atoms with Crippen LogP contribution in [0.15, 0.2) is 54.6 Å². The molecule has 2 aromatic rings. The summed E-state index contributed by atoms with van der Waals surface area (Å²) in [4.78, 5) is 51.1. The highest BCUT2D eigenvalue weighted by Crippen LogP contribution is 2.13. The summed E-state index contributed by atoms with van der Waals surface area (Å²) in [6.07, 6.45) is 0.0827. The number of phenolic OH excluding ortho intramolecular Hbond substituents is 1. The molecule has 206 valence electrons. The topological polar surface area (TPSA) is 171 Å². The zero-order valence-corrected chi connectivity index (χ0v) is 22.2. The molecule has 0 saturated carbocycles. The molecule has 0 spiro atoms. The predicted molar refractivity (Wildman–Crippen MR) is 143 cm³/mol. The Morgan fingerprint density at radius 3 is 1.76 bits per heavy atom. The van der Waals surface area contributed by atoms with Gasteiger partial charge >= 0.3 is 5.97 Å². The highest BCUT2D eigenvalue weighted by atomic mass is 16.4. The molecule has 0 fully saturated rings. The maximum atomic E-state index is 13.3. The average Bonchev–Trinajstić information content (AvgIpc) is 2.87. The van der Waals surface area contributed by atoms with Crippen LogP contribution in [0.2, 0.25) is 0 Å². The lowest BCUT2D eigenvalue weighted by Crippen LogP contribution is -2.59. The zero-order valence-electron chi connectivity index (χ0n) is 22.2. The van der Waals surface area contributed by atoms with Crippen molar-refractivity contribution in [2.75, 3.05) is 0 Å². The Hall–Kier alpha value is -3.92. The Bertz CT molecular complexity index is 1090. The maximum absolute atomic E-state index is 13.3. The summed E-state index contributed by atoms with van der Waals surface area (Å²) in [7, 11) is 0. The van der Waals surface area contributed by atoms with Crippen LogP contribution in [0.5, 0.6) is 5.75 Å². The van der Waals surface area contributed by atoms with Gasteiger partial charge in [-0.25, -0.2) is 4.79 Å². The molecule has 0 aliphatic rings. The van der Waals surface area contributed by atoms with E-state index in [-0.39, 0.29) is 30.4 Å². The van der Waals surface area contributed by atoms with E-state index in [1.807, 2.05) is 0 Å². The highest BCUT2D eigenvalue weighted by Gasteiger charge is 2.32. The first-order chi connectivity index (χ1) is 17.9. The van der Waals surface area contributed by atoms with Gasteiger partial charge in [0, 0.05) is 12.8 Å². The van der Waals surface area contributed by atoms with E-state index in [4.69, 9.17) is 5.73 Å². The third-order valence-electron chi connectivity index (χ3n) is 6.17. The van der Waals surface area contributed by atoms with Crippen molar-refractivity contribution in [3.8, 4) is 5.75 Å². The number of carbonyl (C=O) groups excluding carboxylic acids is 3. The average molecular weight is 527 g/mol. The molecule has 0 bridgehead atoms. The van der Waals surface area contributed by atoms with Crippen LogP contribution < -0.4 is 21.7 Å². The molecule has 0 saturated heterocycles. The number of nitrogens with one attached hydrogen (secondary N) is 3. The number of benzene rings is 2. The van der Waals surface area contributed by atoms with Crippen molar-refractivity contribution in [2.45, 2.75) is 64.7 Å². The first-order valence-corrected chi connectivity index (χ1v) is 12.6. The molecule has 2 aromatic carbocycles. The Morgan fingerprint density at radius 1 is 0.711 bits per heavy atom. The molecule has 0 radical (unpaired) electrons. The molecule has 0 aromatic heterocycles. The van der Waals surface area contributed by atoms with Crippen molar-refractivity contribution in [3.05, 3.63) is 65.7 Å². The van der Waals surface area contributed by atoms with Crippen molar-refractivity contribution in [1.29, 1.82) is 0 Å². The SMILES string of the molecule is CC(C)C(N)C(=O)NC(C(=O)NC(Cc1ccc(O)cc1)C(=O)NC(Cc1ccccc1)C(=O)O)C(C)C. The molecular formula is C28H38N4O6. The molecule has 3 amide bonds. The predicted octanol–water partition coefficient (Wildman–Crippen LogP) is 1.36. The number of carboxylic acids is 1. The fourth-order valence-electron chi connectivity index (χ4n) is 3.75. The van der Waals surface area contributed by atoms with Crippen LogP contribution in [0, 0.1) is 11.8 Å². The number of aromatic hydroxyl groups is 1. The third-order valence-corrected chi connectivity index (χ3v) is 6.17. The van der Waals surface area contributed by atoms with Gasteiger partial charge in [0.15, 0.2) is 0 Å². The van der Waals surface area contributed by atoms with Gasteiger partial charge in [-0.3, -0.25) is 14.4 Å². The quantitative estimate of drug-likeness (QED) is 0.229. The number of hydrogen-bond acceptors (Lipinski definition) is 6. The summed E-state index contributed by atoms with van der Waals surface area (Å²) >= 11 is 0. The van der Waals surface area contributed by atoms with Crippen LogP contribution in [0.1, 0.15) is 38.8 Å². The van der Waals surface area contributed by atoms with E-state index in [2.05, 4.69) is 16.0 Å². The fraction of sp³-hybridized carbons (Fsp3) is 0.429. The number of carbonyl (C=O) groups is 4. The molecule has 2 rings (SSSR count). The third kappa shape index (κ3) is 9.19. The summed E-state index contributed by atoms with van der Waals surface area (Å²) in [5.41, 5.74) is 7.29. The summed E-state index contributed by atoms with van der Waals surface area (Å²) in [5, 5.41) is 27.2. The summed E-state index contributed by atoms with van der Waals surface area (Å²) < 4.78 is 0. The Morgan fingerprint density at radius 2 is 1.24 bits per heavy atom. The number of carboxylic acid groups (broad SMARTS) is 1. The molecular weight excluding hydrogens is 488 g/mol. The molecule has 10 heteroatoms. The van der Waals surface area contributed by atoms with Crippen molar-refractivity contribution in [1.82, 2.24) is 16.0 Å². The fourth-order valence-corrected chi connectivity index (χ4v) is 3.75. The van der Waals surface area contributed by atoms with Gasteiger partial charge in [-0.15, -0.1) is 0 Å². The molecule has 38 heavy (non-hydrogen) atoms. The van der Waals surface area contributed by atoms with E-state index in [0.29, 0.717) is 5.56 Å². The van der Waals surface area contributed by atoms with Gasteiger partial charge < -0.3 is 31.9 Å². The Balaban J connectivity index is 2.26. The van der Waals surface area contributed by atoms with Gasteiger partial charge in [-0.05, 0) is 35.1 Å². The molecule has 0 aliphatic carbocycles. The summed E-state index contributed by atoms with van der Waals surface area (Å²) in [5.74, 6) is -3.41. The maximum Gasteiger partial charge on any atom is 0.326 e. The number of phenols is 1. The van der Waals surface area contributed by atoms with Crippen LogP contribution >= 0.6 is 0 Å². The monoisotopic (exact) mass is 526 g/mol. The first-order valence-electron chi connectivity index (χ1n) is 12.6. The molecule has 4 atom stereocenters. The molecule has 7 N–H and O–H groups in total. The number of nitrogens with two attached hydrogens (primary N) is 1. The summed E-state index contributed by atoms with van der Waals surface area (Å²) in [6, 6.07) is 10.8. The molecule has 0 heterocycles. The largest absolute Gasteiger partial charge is 0.508 e. The van der Waals surface area contributed by atoms with Gasteiger partial charge in [-0.1, -0.05) is 70.2 Å². The van der Waals surface area contributed by atoms with Gasteiger partial charge in [0.25, 0.3) is 0 Å². The minimum absolute atomic E-state index is 0.0276. The van der Waals surface area contributed by atoms with E-state index < -0.39 is 47.9 Å². The lowest BCUT2D eigenvalue weighted by atomic mass is 9.99. The second-order valence-corrected chi connectivity index (χ2v) is 10.0. The lowest BCUT2D eigenvalue weighted by Gasteiger charge is -2.27. The minimum Gasteiger partial charge on any atom is -0.508 e. The van der Waals surface area contributed by atoms with Gasteiger partial charge in [0.2, 0.25) is 17.7 Å². The summed E-state index contributed by atoms with van der Waals surface area (Å²) in [6.45, 7) is 7.09. The number of rotatable bonds is 13. The lowest BCUT2D eigenvalue weighted by molar-refractivity contribution is -0.142. The second-order valence-electron chi connectivity index (χ2n) is 10.0. The zero-order chi connectivity index (χ0) is 28.4. The van der Waals surface area contributed by atoms with Crippen molar-refractivity contribution in [3.63, 3.8) is 0 Å². The second kappa shape index (κ2) is 14.1. The van der Waals surface area contributed by atoms with E-state index in [9.17, 15) is 29.4 Å². The molecule has 10 nitrogen and oxygen atoms in total. The van der Waals surface area contributed by atoms with Crippen LogP contribution in [-0.2, 0) is 32.0 Å². The van der Waals surface area contributed by atoms with Gasteiger partial charge in [0.05, 0.1) is 6.04 Å². The van der Waals surface area contributed by atoms with E-state index in [1.165, 1.54) is 12.1 Å². The normalized spacial score (nSPS) is 14.3. The Kier molecular flexibility index (Phi) is 11.3. The molecule has 0 aliphatic heterocycles. The van der Waals surface area contributed by atoms with Crippen molar-refractivity contribution in [2.24, 2.45) is 17.6 Å². The number of amides is 3. The highest BCUT2D eigenvalue weighted by molar-refractivity contribution is 5.94. The number of hydrogen-bond donors (Lipinski definition) is 6. The van der Waals surface area contributed by atoms with Crippen LogP contribution in [0.3, 0.4) is 0 Å². The standard InChI is InChI=1S/C28H38N4O6/c1-16(2)23(29)26(35)32-24(17(3)4)27(36)30-21(14-19-10-12-20(33)13-11-19)25(34)31-22(28(37)38)15-18-8-6-5-7-9-18/h5-13,16-17,21-24,33H,14-15,29H2,1-4H3,(H,30,36)(H,31,34)(H,32,35)(H,37,38). The van der Waals surface area contributed by atoms with Gasteiger partial charge in [0.1, 0.15) is 23.9 Å². The van der Waals surface area contributed by atoms with E-state index in [0.717, 1.165) is 5.56 Å². The van der Waals surface area contributed by atoms with Crippen LogP contribution in [0.25, 0.3) is 0 Å². The van der Waals surface area contributed by atoms with Gasteiger partial charge in [-0.2, -0.15) is 0 Å².